The van der Waals surface area contributed by atoms with Gasteiger partial charge in [0.25, 0.3) is 10.0 Å². The molecule has 1 N–H and O–H groups in total. The summed E-state index contributed by atoms with van der Waals surface area (Å²) >= 11 is 0.520. The molecule has 148 valence electrons. The second kappa shape index (κ2) is 6.99. The number of sulfonamides is 1. The van der Waals surface area contributed by atoms with Gasteiger partial charge >= 0.3 is 12.4 Å². The molecule has 0 bridgehead atoms. The number of carbonyl (C=O) groups excluding carboxylic acids is 1. The number of carboxylic acid groups (broad SMARTS) is 1. The predicted octanol–water partition coefficient (Wildman–Crippen LogP) is 2.27. The molecule has 0 aliphatic rings. The Kier molecular flexibility index (Phi) is 5.43. The fourth-order valence-electron chi connectivity index (χ4n) is 1.91. The molecule has 0 radical (unpaired) electrons. The van der Waals surface area contributed by atoms with Crippen molar-refractivity contribution >= 4 is 32.5 Å². The quantitative estimate of drug-likeness (QED) is 0.730. The highest BCUT2D eigenvalue weighted by molar-refractivity contribution is 7.93. The Hall–Kier alpha value is -2.35. The average Bonchev–Trinajstić information content (AvgIpc) is 2.90. The largest absolute Gasteiger partial charge is 0.550 e. The van der Waals surface area contributed by atoms with Crippen molar-refractivity contribution in [2.75, 3.05) is 4.72 Å². The molecule has 14 heteroatoms. The number of rotatable bonds is 5. The Labute approximate surface area is 151 Å². The number of carboxylic acids is 1. The van der Waals surface area contributed by atoms with Crippen LogP contribution in [0.5, 0.6) is 0 Å². The van der Waals surface area contributed by atoms with Gasteiger partial charge in [0, 0.05) is 23.5 Å². The van der Waals surface area contributed by atoms with Gasteiger partial charge in [-0.05, 0) is 18.2 Å². The highest BCUT2D eigenvalue weighted by Crippen LogP contribution is 2.39. The normalized spacial score (nSPS) is 12.8. The van der Waals surface area contributed by atoms with Crippen molar-refractivity contribution < 1.29 is 44.7 Å². The van der Waals surface area contributed by atoms with E-state index in [0.717, 1.165) is 6.20 Å². The molecule has 1 aromatic carbocycles. The summed E-state index contributed by atoms with van der Waals surface area (Å²) in [5.41, 5.74) is -3.67. The van der Waals surface area contributed by atoms with Gasteiger partial charge in [0.05, 0.1) is 16.0 Å². The van der Waals surface area contributed by atoms with E-state index in [4.69, 9.17) is 0 Å². The Morgan fingerprint density at radius 2 is 1.78 bits per heavy atom. The van der Waals surface area contributed by atoms with Gasteiger partial charge in [0.1, 0.15) is 0 Å². The van der Waals surface area contributed by atoms with Crippen molar-refractivity contribution in [2.24, 2.45) is 0 Å². The molecule has 0 atom stereocenters. The summed E-state index contributed by atoms with van der Waals surface area (Å²) in [6, 6.07) is 0.0782. The third-order valence-corrected chi connectivity index (χ3v) is 5.43. The topological polar surface area (TPSA) is 99.2 Å². The zero-order chi connectivity index (χ0) is 20.6. The summed E-state index contributed by atoms with van der Waals surface area (Å²) in [5.74, 6) is -1.49. The number of benzene rings is 1. The molecule has 6 nitrogen and oxygen atoms in total. The Morgan fingerprint density at radius 1 is 1.15 bits per heavy atom. The van der Waals surface area contributed by atoms with E-state index in [2.05, 4.69) is 4.98 Å². The first kappa shape index (κ1) is 21.0. The zero-order valence-corrected chi connectivity index (χ0v) is 14.3. The van der Waals surface area contributed by atoms with Crippen molar-refractivity contribution in [3.63, 3.8) is 0 Å². The van der Waals surface area contributed by atoms with Crippen LogP contribution in [0.1, 0.15) is 16.0 Å². The summed E-state index contributed by atoms with van der Waals surface area (Å²) in [6.07, 6.45) is -10.1. The molecular weight excluding hydrogens is 426 g/mol. The fourth-order valence-corrected chi connectivity index (χ4v) is 4.16. The first-order valence-electron chi connectivity index (χ1n) is 6.66. The van der Waals surface area contributed by atoms with Crippen LogP contribution in [0.3, 0.4) is 0 Å². The lowest BCUT2D eigenvalue weighted by Crippen LogP contribution is -2.23. The summed E-state index contributed by atoms with van der Waals surface area (Å²) < 4.78 is 103. The first-order chi connectivity index (χ1) is 12.2. The minimum atomic E-state index is -5.38. The second-order valence-corrected chi connectivity index (χ2v) is 7.76. The lowest BCUT2D eigenvalue weighted by molar-refractivity contribution is -0.304. The number of carbonyl (C=O) groups is 1. The lowest BCUT2D eigenvalue weighted by Gasteiger charge is -2.16. The highest BCUT2D eigenvalue weighted by atomic mass is 32.2. The van der Waals surface area contributed by atoms with Crippen LogP contribution in [0, 0.1) is 0 Å². The summed E-state index contributed by atoms with van der Waals surface area (Å²) in [7, 11) is -4.96. The monoisotopic (exact) mass is 433 g/mol. The van der Waals surface area contributed by atoms with E-state index in [0.29, 0.717) is 11.3 Å². The summed E-state index contributed by atoms with van der Waals surface area (Å²) in [4.78, 5) is 12.6. The molecule has 1 heterocycles. The number of anilines is 1. The number of hydrogen-bond donors (Lipinski definition) is 1. The van der Waals surface area contributed by atoms with Gasteiger partial charge in [-0.3, -0.25) is 4.72 Å². The molecule has 0 fully saturated rings. The van der Waals surface area contributed by atoms with Gasteiger partial charge in [0.2, 0.25) is 0 Å². The molecule has 0 amide bonds. The molecule has 0 saturated carbocycles. The van der Waals surface area contributed by atoms with E-state index in [1.807, 2.05) is 0 Å². The van der Waals surface area contributed by atoms with Crippen LogP contribution in [-0.2, 0) is 33.6 Å². The standard InChI is InChI=1S/C13H8F6N2O4S2/c14-12(15,16)6-1-2-9(8(3-6)13(17,18)19)27(24,25)21-11-20-5-7(26-11)4-10(22)23/h1-3,5H,4H2,(H,20,21)(H,22,23)/p-1. The maximum Gasteiger partial charge on any atom is 0.417 e. The maximum absolute atomic E-state index is 13.1. The van der Waals surface area contributed by atoms with Gasteiger partial charge in [-0.15, -0.1) is 11.3 Å². The van der Waals surface area contributed by atoms with Gasteiger partial charge in [-0.1, -0.05) is 0 Å². The van der Waals surface area contributed by atoms with Crippen LogP contribution in [0.4, 0.5) is 31.5 Å². The van der Waals surface area contributed by atoms with Crippen molar-refractivity contribution in [3.05, 3.63) is 40.4 Å². The third-order valence-electron chi connectivity index (χ3n) is 3.00. The van der Waals surface area contributed by atoms with Gasteiger partial charge < -0.3 is 9.90 Å². The van der Waals surface area contributed by atoms with Crippen LogP contribution in [0.15, 0.2) is 29.3 Å². The van der Waals surface area contributed by atoms with Crippen LogP contribution in [0.25, 0.3) is 0 Å². The Morgan fingerprint density at radius 3 is 2.30 bits per heavy atom. The molecule has 1 aromatic heterocycles. The van der Waals surface area contributed by atoms with Crippen LogP contribution in [-0.4, -0.2) is 19.4 Å². The minimum Gasteiger partial charge on any atom is -0.550 e. The Bertz CT molecular complexity index is 966. The number of hydrogen-bond acceptors (Lipinski definition) is 6. The maximum atomic E-state index is 13.1. The van der Waals surface area contributed by atoms with E-state index in [1.165, 1.54) is 0 Å². The zero-order valence-electron chi connectivity index (χ0n) is 12.7. The van der Waals surface area contributed by atoms with E-state index in [-0.39, 0.29) is 23.1 Å². The number of nitrogens with zero attached hydrogens (tertiary/aromatic N) is 1. The summed E-state index contributed by atoms with van der Waals surface area (Å²) in [5, 5.41) is 10.0. The van der Waals surface area contributed by atoms with E-state index < -0.39 is 55.9 Å². The molecule has 2 aromatic rings. The number of thiazole rings is 1. The van der Waals surface area contributed by atoms with Crippen molar-refractivity contribution in [1.82, 2.24) is 4.98 Å². The van der Waals surface area contributed by atoms with Crippen LogP contribution >= 0.6 is 11.3 Å². The van der Waals surface area contributed by atoms with E-state index in [9.17, 15) is 44.7 Å². The van der Waals surface area contributed by atoms with Crippen LogP contribution < -0.4 is 9.83 Å². The molecule has 0 unspecified atom stereocenters. The van der Waals surface area contributed by atoms with Gasteiger partial charge in [-0.2, -0.15) is 26.3 Å². The predicted molar refractivity (Wildman–Crippen MR) is 78.1 cm³/mol. The van der Waals surface area contributed by atoms with Crippen molar-refractivity contribution in [2.45, 2.75) is 23.7 Å². The SMILES string of the molecule is O=C([O-])Cc1cnc(NS(=O)(=O)c2ccc(C(F)(F)F)cc2C(F)(F)F)s1. The molecule has 27 heavy (non-hydrogen) atoms. The van der Waals surface area contributed by atoms with Gasteiger partial charge in [0.15, 0.2) is 5.13 Å². The van der Waals surface area contributed by atoms with Crippen molar-refractivity contribution in [1.29, 1.82) is 0 Å². The molecular formula is C13H7F6N2O4S2-. The number of aliphatic carboxylic acids is 1. The average molecular weight is 433 g/mol. The number of nitrogens with one attached hydrogen (secondary N) is 1. The van der Waals surface area contributed by atoms with E-state index in [1.54, 1.807) is 4.72 Å². The smallest absolute Gasteiger partial charge is 0.417 e. The number of alkyl halides is 6. The first-order valence-corrected chi connectivity index (χ1v) is 8.96. The molecule has 0 saturated heterocycles. The Balaban J connectivity index is 2.45. The fraction of sp³-hybridized carbons (Fsp3) is 0.231. The van der Waals surface area contributed by atoms with Crippen molar-refractivity contribution in [3.8, 4) is 0 Å². The minimum absolute atomic E-state index is 0.0520. The summed E-state index contributed by atoms with van der Waals surface area (Å²) in [6.45, 7) is 0. The van der Waals surface area contributed by atoms with Crippen LogP contribution in [0.2, 0.25) is 0 Å². The lowest BCUT2D eigenvalue weighted by atomic mass is 10.1. The number of aromatic nitrogens is 1. The second-order valence-electron chi connectivity index (χ2n) is 4.99. The van der Waals surface area contributed by atoms with E-state index >= 15 is 0 Å². The van der Waals surface area contributed by atoms with Gasteiger partial charge in [-0.25, -0.2) is 13.4 Å². The third kappa shape index (κ3) is 5.09. The molecule has 0 aliphatic carbocycles. The molecule has 2 rings (SSSR count). The molecule has 0 spiro atoms. The number of halogens is 6. The molecule has 0 aliphatic heterocycles. The highest BCUT2D eigenvalue weighted by Gasteiger charge is 2.41.